The van der Waals surface area contributed by atoms with Crippen molar-refractivity contribution in [2.75, 3.05) is 5.75 Å². The summed E-state index contributed by atoms with van der Waals surface area (Å²) in [6, 6.07) is 22.4. The first-order valence-electron chi connectivity index (χ1n) is 13.3. The Hall–Kier alpha value is -1.21. The summed E-state index contributed by atoms with van der Waals surface area (Å²) in [5.41, 5.74) is 0. The number of benzene rings is 2. The van der Waals surface area contributed by atoms with Gasteiger partial charge in [0.25, 0.3) is 0 Å². The van der Waals surface area contributed by atoms with Crippen molar-refractivity contribution in [3.63, 3.8) is 0 Å². The number of rotatable bonds is 19. The van der Waals surface area contributed by atoms with E-state index in [1.807, 2.05) is 0 Å². The minimum Gasteiger partial charge on any atom is -0.200 e. The lowest BCUT2D eigenvalue weighted by atomic mass is 10.0. The molecule has 0 saturated carbocycles. The van der Waals surface area contributed by atoms with Gasteiger partial charge in [-0.2, -0.15) is 0 Å². The van der Waals surface area contributed by atoms with Gasteiger partial charge in [0.05, 0.1) is 0 Å². The summed E-state index contributed by atoms with van der Waals surface area (Å²) >= 11 is 0. The van der Waals surface area contributed by atoms with Crippen LogP contribution >= 0.6 is 10.9 Å². The molecule has 2 rings (SSSR count). The zero-order valence-electron chi connectivity index (χ0n) is 20.2. The van der Waals surface area contributed by atoms with Crippen LogP contribution in [-0.4, -0.2) is 5.75 Å². The zero-order valence-corrected chi connectivity index (χ0v) is 21.1. The van der Waals surface area contributed by atoms with E-state index in [1.54, 1.807) is 0 Å². The fraction of sp³-hybridized carbons (Fsp3) is 0.600. The molecule has 0 amide bonds. The lowest BCUT2D eigenvalue weighted by Gasteiger charge is -2.22. The van der Waals surface area contributed by atoms with Crippen molar-refractivity contribution < 1.29 is 0 Å². The Labute approximate surface area is 196 Å². The van der Waals surface area contributed by atoms with Crippen LogP contribution in [0.4, 0.5) is 0 Å². The fourth-order valence-electron chi connectivity index (χ4n) is 4.44. The fourth-order valence-corrected chi connectivity index (χ4v) is 6.86. The van der Waals surface area contributed by atoms with E-state index in [4.69, 9.17) is 0 Å². The maximum atomic E-state index is 2.32. The third-order valence-electron chi connectivity index (χ3n) is 6.37. The van der Waals surface area contributed by atoms with Crippen LogP contribution in [0.2, 0.25) is 0 Å². The van der Waals surface area contributed by atoms with Gasteiger partial charge in [0, 0.05) is 0 Å². The van der Waals surface area contributed by atoms with Gasteiger partial charge in [0.2, 0.25) is 0 Å². The third kappa shape index (κ3) is 12.4. The topological polar surface area (TPSA) is 0 Å². The second-order valence-electron chi connectivity index (χ2n) is 9.13. The summed E-state index contributed by atoms with van der Waals surface area (Å²) < 4.78 is 0. The molecule has 2 aromatic rings. The van der Waals surface area contributed by atoms with E-state index in [-0.39, 0.29) is 10.9 Å². The van der Waals surface area contributed by atoms with Crippen molar-refractivity contribution >= 4 is 10.9 Å². The highest BCUT2D eigenvalue weighted by molar-refractivity contribution is 8.17. The Kier molecular flexibility index (Phi) is 15.4. The van der Waals surface area contributed by atoms with Gasteiger partial charge < -0.3 is 0 Å². The van der Waals surface area contributed by atoms with Gasteiger partial charge in [0.1, 0.15) is 0 Å². The van der Waals surface area contributed by atoms with Crippen LogP contribution in [0.5, 0.6) is 0 Å². The standard InChI is InChI=1S/C30H48S/c1-2-3-4-5-6-7-8-9-10-11-12-13-14-15-16-23-28-31(29-24-19-17-20-25-29)30-26-21-18-22-27-30/h17-22,24-27,31H,2-16,23,28H2,1H3. The second kappa shape index (κ2) is 18.4. The summed E-state index contributed by atoms with van der Waals surface area (Å²) in [5.74, 6) is 1.34. The lowest BCUT2D eigenvalue weighted by molar-refractivity contribution is 0.531. The molecule has 0 spiro atoms. The number of unbranched alkanes of at least 4 members (excludes halogenated alkanes) is 15. The molecule has 0 nitrogen and oxygen atoms in total. The van der Waals surface area contributed by atoms with Gasteiger partial charge in [0.15, 0.2) is 0 Å². The van der Waals surface area contributed by atoms with Crippen LogP contribution in [-0.2, 0) is 0 Å². The molecule has 1 heteroatoms. The average molecular weight is 441 g/mol. The quantitative estimate of drug-likeness (QED) is 0.163. The predicted octanol–water partition coefficient (Wildman–Crippen LogP) is 10.4. The summed E-state index contributed by atoms with van der Waals surface area (Å²) in [6.07, 6.45) is 23.0. The van der Waals surface area contributed by atoms with Gasteiger partial charge in [-0.15, -0.1) is 0 Å². The summed E-state index contributed by atoms with van der Waals surface area (Å²) in [6.45, 7) is 2.30. The van der Waals surface area contributed by atoms with Crippen LogP contribution in [0.3, 0.4) is 0 Å². The van der Waals surface area contributed by atoms with Gasteiger partial charge in [-0.1, -0.05) is 164 Å². The molecule has 0 bridgehead atoms. The van der Waals surface area contributed by atoms with E-state index >= 15 is 0 Å². The lowest BCUT2D eigenvalue weighted by Crippen LogP contribution is -1.93. The molecule has 0 aromatic heterocycles. The van der Waals surface area contributed by atoms with Crippen LogP contribution in [0, 0.1) is 0 Å². The van der Waals surface area contributed by atoms with Crippen molar-refractivity contribution in [3.8, 4) is 0 Å². The minimum absolute atomic E-state index is 0.194. The first-order chi connectivity index (χ1) is 15.4. The maximum absolute atomic E-state index is 2.32. The van der Waals surface area contributed by atoms with Gasteiger partial charge >= 0.3 is 0 Å². The molecule has 31 heavy (non-hydrogen) atoms. The van der Waals surface area contributed by atoms with Gasteiger partial charge in [-0.25, -0.2) is 10.9 Å². The van der Waals surface area contributed by atoms with Gasteiger partial charge in [-0.05, 0) is 22.0 Å². The summed E-state index contributed by atoms with van der Waals surface area (Å²) in [5, 5.41) is 0. The van der Waals surface area contributed by atoms with E-state index in [0.29, 0.717) is 0 Å². The van der Waals surface area contributed by atoms with Gasteiger partial charge in [-0.3, -0.25) is 0 Å². The van der Waals surface area contributed by atoms with Crippen molar-refractivity contribution in [1.82, 2.24) is 0 Å². The third-order valence-corrected chi connectivity index (χ3v) is 8.98. The second-order valence-corrected chi connectivity index (χ2v) is 11.5. The number of thiol groups is 1. The monoisotopic (exact) mass is 440 g/mol. The largest absolute Gasteiger partial charge is 0.200 e. The Bertz CT molecular complexity index is 582. The Morgan fingerprint density at radius 1 is 0.419 bits per heavy atom. The molecule has 0 saturated heterocycles. The molecule has 0 aliphatic carbocycles. The molecular weight excluding hydrogens is 392 g/mol. The average Bonchev–Trinajstić information content (AvgIpc) is 2.82. The molecule has 0 radical (unpaired) electrons. The van der Waals surface area contributed by atoms with E-state index in [1.165, 1.54) is 118 Å². The van der Waals surface area contributed by atoms with Crippen LogP contribution in [0.1, 0.15) is 110 Å². The molecule has 0 N–H and O–H groups in total. The maximum Gasteiger partial charge on any atom is -0.00855 e. The van der Waals surface area contributed by atoms with E-state index < -0.39 is 0 Å². The van der Waals surface area contributed by atoms with Crippen molar-refractivity contribution in [2.24, 2.45) is 0 Å². The SMILES string of the molecule is CCCCCCCCCCCCCCCCCC[SH](c1ccccc1)c1ccccc1. The first-order valence-corrected chi connectivity index (χ1v) is 14.8. The normalized spacial score (nSPS) is 11.6. The van der Waals surface area contributed by atoms with Crippen LogP contribution < -0.4 is 0 Å². The molecular formula is C30H48S. The number of hydrogen-bond acceptors (Lipinski definition) is 0. The highest BCUT2D eigenvalue weighted by Gasteiger charge is 2.09. The van der Waals surface area contributed by atoms with Crippen molar-refractivity contribution in [3.05, 3.63) is 60.7 Å². The van der Waals surface area contributed by atoms with Crippen LogP contribution in [0.15, 0.2) is 70.5 Å². The van der Waals surface area contributed by atoms with E-state index in [0.717, 1.165) is 0 Å². The molecule has 0 aliphatic rings. The molecule has 0 atom stereocenters. The Morgan fingerprint density at radius 2 is 0.742 bits per heavy atom. The van der Waals surface area contributed by atoms with E-state index in [2.05, 4.69) is 67.6 Å². The molecule has 174 valence electrons. The predicted molar refractivity (Wildman–Crippen MR) is 143 cm³/mol. The molecule has 0 unspecified atom stereocenters. The Balaban J connectivity index is 1.46. The van der Waals surface area contributed by atoms with Crippen molar-refractivity contribution in [1.29, 1.82) is 0 Å². The minimum atomic E-state index is -0.194. The summed E-state index contributed by atoms with van der Waals surface area (Å²) in [7, 11) is -0.194. The Morgan fingerprint density at radius 3 is 1.10 bits per heavy atom. The molecule has 0 fully saturated rings. The smallest absolute Gasteiger partial charge is 0.00855 e. The zero-order chi connectivity index (χ0) is 21.8. The first kappa shape index (κ1) is 26.0. The molecule has 2 aromatic carbocycles. The van der Waals surface area contributed by atoms with E-state index in [9.17, 15) is 0 Å². The summed E-state index contributed by atoms with van der Waals surface area (Å²) in [4.78, 5) is 3.06. The van der Waals surface area contributed by atoms with Crippen LogP contribution in [0.25, 0.3) is 0 Å². The highest BCUT2D eigenvalue weighted by atomic mass is 32.2. The van der Waals surface area contributed by atoms with Crippen molar-refractivity contribution in [2.45, 2.75) is 119 Å². The highest BCUT2D eigenvalue weighted by Crippen LogP contribution is 2.44. The molecule has 0 heterocycles. The number of hydrogen-bond donors (Lipinski definition) is 1. The molecule has 0 aliphatic heterocycles.